The van der Waals surface area contributed by atoms with Crippen molar-refractivity contribution in [3.05, 3.63) is 102 Å². The second-order valence-corrected chi connectivity index (χ2v) is 8.59. The number of hydrogen-bond donors (Lipinski definition) is 2. The van der Waals surface area contributed by atoms with Gasteiger partial charge in [0.05, 0.1) is 23.9 Å². The predicted molar refractivity (Wildman–Crippen MR) is 143 cm³/mol. The van der Waals surface area contributed by atoms with Crippen LogP contribution in [0.25, 0.3) is 22.2 Å². The summed E-state index contributed by atoms with van der Waals surface area (Å²) in [5.74, 6) is 1.11. The van der Waals surface area contributed by atoms with Crippen LogP contribution in [-0.2, 0) is 13.6 Å². The molecule has 0 unspecified atom stereocenters. The van der Waals surface area contributed by atoms with Gasteiger partial charge in [0.15, 0.2) is 5.82 Å². The van der Waals surface area contributed by atoms with Gasteiger partial charge in [0.25, 0.3) is 5.91 Å². The van der Waals surface area contributed by atoms with Gasteiger partial charge in [0.2, 0.25) is 0 Å². The molecule has 1 amide bonds. The Balaban J connectivity index is 1.54. The minimum Gasteiger partial charge on any atom is -0.497 e. The number of ether oxygens (including phenoxy) is 1. The van der Waals surface area contributed by atoms with Crippen LogP contribution in [-0.4, -0.2) is 27.8 Å². The van der Waals surface area contributed by atoms with Crippen molar-refractivity contribution in [2.45, 2.75) is 13.5 Å². The highest BCUT2D eigenvalue weighted by Gasteiger charge is 2.20. The fourth-order valence-corrected chi connectivity index (χ4v) is 4.25. The summed E-state index contributed by atoms with van der Waals surface area (Å²) in [5, 5.41) is 11.5. The molecule has 0 spiro atoms. The van der Waals surface area contributed by atoms with Crippen molar-refractivity contribution >= 4 is 28.3 Å². The molecule has 0 saturated carbocycles. The van der Waals surface area contributed by atoms with Crippen LogP contribution in [0.3, 0.4) is 0 Å². The third-order valence-corrected chi connectivity index (χ3v) is 6.11. The molecule has 0 bridgehead atoms. The average Bonchev–Trinajstić information content (AvgIpc) is 3.31. The molecule has 0 radical (unpaired) electrons. The lowest BCUT2D eigenvalue weighted by Crippen LogP contribution is -2.16. The number of amides is 1. The van der Waals surface area contributed by atoms with E-state index in [-0.39, 0.29) is 5.91 Å². The van der Waals surface area contributed by atoms with Gasteiger partial charge >= 0.3 is 0 Å². The van der Waals surface area contributed by atoms with Crippen LogP contribution in [0.4, 0.5) is 11.5 Å². The number of methoxy groups -OCH3 is 1. The Labute approximate surface area is 209 Å². The van der Waals surface area contributed by atoms with Crippen molar-refractivity contribution in [3.8, 4) is 17.0 Å². The van der Waals surface area contributed by atoms with Crippen LogP contribution in [0, 0.1) is 6.92 Å². The number of rotatable bonds is 7. The second-order valence-electron chi connectivity index (χ2n) is 8.59. The van der Waals surface area contributed by atoms with E-state index < -0.39 is 0 Å². The van der Waals surface area contributed by atoms with Crippen molar-refractivity contribution < 1.29 is 9.53 Å². The molecule has 0 aliphatic carbocycles. The molecule has 0 saturated heterocycles. The Kier molecular flexibility index (Phi) is 6.36. The standard InChI is InChI=1S/C29H27N5O2/c1-19-27(29(35)32-26-15-16-34(2)33-26)24-17-22(30-18-20-9-12-23(36-3)13-10-20)11-14-25(24)31-28(19)21-7-5-4-6-8-21/h4-17,30H,18H2,1-3H3,(H,32,33,35). The van der Waals surface area contributed by atoms with Gasteiger partial charge in [-0.05, 0) is 48.4 Å². The zero-order valence-electron chi connectivity index (χ0n) is 20.4. The lowest BCUT2D eigenvalue weighted by molar-refractivity contribution is 0.102. The molecule has 3 aromatic carbocycles. The summed E-state index contributed by atoms with van der Waals surface area (Å²) in [6, 6.07) is 25.6. The second kappa shape index (κ2) is 9.92. The monoisotopic (exact) mass is 477 g/mol. The normalized spacial score (nSPS) is 10.9. The highest BCUT2D eigenvalue weighted by atomic mass is 16.5. The molecular weight excluding hydrogens is 450 g/mol. The van der Waals surface area contributed by atoms with Crippen molar-refractivity contribution in [2.24, 2.45) is 7.05 Å². The lowest BCUT2D eigenvalue weighted by Gasteiger charge is -2.16. The fourth-order valence-electron chi connectivity index (χ4n) is 4.25. The average molecular weight is 478 g/mol. The number of benzene rings is 3. The smallest absolute Gasteiger partial charge is 0.257 e. The van der Waals surface area contributed by atoms with Gasteiger partial charge in [0, 0.05) is 42.5 Å². The quantitative estimate of drug-likeness (QED) is 0.309. The zero-order chi connectivity index (χ0) is 25.1. The summed E-state index contributed by atoms with van der Waals surface area (Å²) >= 11 is 0. The first kappa shape index (κ1) is 23.1. The van der Waals surface area contributed by atoms with Crippen LogP contribution < -0.4 is 15.4 Å². The molecule has 0 fully saturated rings. The summed E-state index contributed by atoms with van der Waals surface area (Å²) in [6.07, 6.45) is 1.80. The first-order valence-electron chi connectivity index (χ1n) is 11.7. The van der Waals surface area contributed by atoms with E-state index in [0.29, 0.717) is 17.9 Å². The largest absolute Gasteiger partial charge is 0.497 e. The maximum atomic E-state index is 13.6. The number of nitrogens with one attached hydrogen (secondary N) is 2. The van der Waals surface area contributed by atoms with Gasteiger partial charge in [-0.3, -0.25) is 9.48 Å². The van der Waals surface area contributed by atoms with E-state index in [0.717, 1.165) is 44.7 Å². The highest BCUT2D eigenvalue weighted by Crippen LogP contribution is 2.32. The van der Waals surface area contributed by atoms with Gasteiger partial charge < -0.3 is 15.4 Å². The number of nitrogens with zero attached hydrogens (tertiary/aromatic N) is 3. The van der Waals surface area contributed by atoms with Crippen LogP contribution in [0.2, 0.25) is 0 Å². The van der Waals surface area contributed by atoms with Crippen molar-refractivity contribution in [1.29, 1.82) is 0 Å². The first-order valence-corrected chi connectivity index (χ1v) is 11.7. The molecule has 2 N–H and O–H groups in total. The number of anilines is 2. The van der Waals surface area contributed by atoms with Crippen molar-refractivity contribution in [3.63, 3.8) is 0 Å². The predicted octanol–water partition coefficient (Wildman–Crippen LogP) is 5.82. The number of carbonyl (C=O) groups is 1. The van der Waals surface area contributed by atoms with E-state index in [1.54, 1.807) is 24.1 Å². The fraction of sp³-hybridized carbons (Fsp3) is 0.138. The van der Waals surface area contributed by atoms with Gasteiger partial charge in [-0.15, -0.1) is 0 Å². The number of aromatic nitrogens is 3. The SMILES string of the molecule is COc1ccc(CNc2ccc3nc(-c4ccccc4)c(C)c(C(=O)Nc4ccn(C)n4)c3c2)cc1. The van der Waals surface area contributed by atoms with E-state index in [1.165, 1.54) is 0 Å². The van der Waals surface area contributed by atoms with E-state index in [4.69, 9.17) is 9.72 Å². The maximum Gasteiger partial charge on any atom is 0.257 e. The Bertz CT molecular complexity index is 1530. The van der Waals surface area contributed by atoms with E-state index in [9.17, 15) is 4.79 Å². The summed E-state index contributed by atoms with van der Waals surface area (Å²) < 4.78 is 6.90. The lowest BCUT2D eigenvalue weighted by atomic mass is 9.96. The Morgan fingerprint density at radius 1 is 1.00 bits per heavy atom. The molecular formula is C29H27N5O2. The Morgan fingerprint density at radius 3 is 2.47 bits per heavy atom. The number of pyridine rings is 1. The molecule has 7 nitrogen and oxygen atoms in total. The van der Waals surface area contributed by atoms with Gasteiger partial charge in [-0.25, -0.2) is 4.98 Å². The summed E-state index contributed by atoms with van der Waals surface area (Å²) in [4.78, 5) is 18.5. The molecule has 0 aliphatic rings. The van der Waals surface area contributed by atoms with Crippen LogP contribution in [0.15, 0.2) is 85.1 Å². The molecule has 180 valence electrons. The van der Waals surface area contributed by atoms with Gasteiger partial charge in [-0.1, -0.05) is 42.5 Å². The van der Waals surface area contributed by atoms with Crippen LogP contribution in [0.1, 0.15) is 21.5 Å². The highest BCUT2D eigenvalue weighted by molar-refractivity contribution is 6.14. The molecule has 2 heterocycles. The van der Waals surface area contributed by atoms with E-state index in [1.807, 2.05) is 86.8 Å². The minimum atomic E-state index is -0.219. The number of carbonyl (C=O) groups excluding carboxylic acids is 1. The van der Waals surface area contributed by atoms with Crippen LogP contribution >= 0.6 is 0 Å². The van der Waals surface area contributed by atoms with E-state index >= 15 is 0 Å². The van der Waals surface area contributed by atoms with Gasteiger partial charge in [0.1, 0.15) is 5.75 Å². The summed E-state index contributed by atoms with van der Waals surface area (Å²) in [7, 11) is 3.47. The molecule has 2 aromatic heterocycles. The number of fused-ring (bicyclic) bond motifs is 1. The minimum absolute atomic E-state index is 0.219. The molecule has 0 atom stereocenters. The molecule has 0 aliphatic heterocycles. The first-order chi connectivity index (χ1) is 17.5. The van der Waals surface area contributed by atoms with E-state index in [2.05, 4.69) is 15.7 Å². The maximum absolute atomic E-state index is 13.6. The van der Waals surface area contributed by atoms with Crippen molar-refractivity contribution in [1.82, 2.24) is 14.8 Å². The van der Waals surface area contributed by atoms with Crippen LogP contribution in [0.5, 0.6) is 5.75 Å². The topological polar surface area (TPSA) is 81.1 Å². The van der Waals surface area contributed by atoms with Crippen molar-refractivity contribution in [2.75, 3.05) is 17.7 Å². The third kappa shape index (κ3) is 4.77. The Morgan fingerprint density at radius 2 is 1.78 bits per heavy atom. The molecule has 36 heavy (non-hydrogen) atoms. The summed E-state index contributed by atoms with van der Waals surface area (Å²) in [6.45, 7) is 2.58. The Hall–Kier alpha value is -4.65. The summed E-state index contributed by atoms with van der Waals surface area (Å²) in [5.41, 5.74) is 5.92. The van der Waals surface area contributed by atoms with Gasteiger partial charge in [-0.2, -0.15) is 5.10 Å². The molecule has 7 heteroatoms. The number of aryl methyl sites for hydroxylation is 1. The number of hydrogen-bond acceptors (Lipinski definition) is 5. The zero-order valence-corrected chi connectivity index (χ0v) is 20.4. The third-order valence-electron chi connectivity index (χ3n) is 6.11. The molecule has 5 rings (SSSR count). The molecule has 5 aromatic rings.